The minimum atomic E-state index is -1.57. The first-order chi connectivity index (χ1) is 20.4. The monoisotopic (exact) mass is 625 g/mol. The fourth-order valence-electron chi connectivity index (χ4n) is 5.93. The molecule has 1 aliphatic carbocycles. The van der Waals surface area contributed by atoms with Crippen LogP contribution in [0.5, 0.6) is 0 Å². The number of ether oxygens (including phenoxy) is 7. The molecular formula is C25H47N5O13. The van der Waals surface area contributed by atoms with Crippen LogP contribution in [0.25, 0.3) is 0 Å². The lowest BCUT2D eigenvalue weighted by Gasteiger charge is -2.46. The van der Waals surface area contributed by atoms with Crippen LogP contribution in [0.2, 0.25) is 0 Å². The second-order valence-electron chi connectivity index (χ2n) is 11.5. The standard InChI is InChI=1S/C25H47N5O13/c1-8(32)37-12-3-2-9(5-26)38-23(12)41-20-11(29)4-10(28)16(33)22(20)43-25-19(36)21(14(7-31)40-25)42-24-15(30)18(35)17(34)13(6-27)39-24/h9-25,31,33-36H,2-7,26-30H2,1H3/t9-,10+,11-,12+,13-,14+,15+,16-,17+,18+,19+,20+,21+,22+,23+,24+,25-/m0/s1. The van der Waals surface area contributed by atoms with Gasteiger partial charge in [-0.2, -0.15) is 0 Å². The topological polar surface area (TPSA) is 313 Å². The number of aliphatic hydroxyl groups is 5. The van der Waals surface area contributed by atoms with Gasteiger partial charge in [-0.1, -0.05) is 0 Å². The average molecular weight is 626 g/mol. The van der Waals surface area contributed by atoms with E-state index in [1.54, 1.807) is 0 Å². The van der Waals surface area contributed by atoms with Gasteiger partial charge in [-0.05, 0) is 19.3 Å². The number of aliphatic hydroxyl groups excluding tert-OH is 5. The maximum absolute atomic E-state index is 11.7. The summed E-state index contributed by atoms with van der Waals surface area (Å²) >= 11 is 0. The zero-order chi connectivity index (χ0) is 31.6. The zero-order valence-corrected chi connectivity index (χ0v) is 23.9. The lowest BCUT2D eigenvalue weighted by Crippen LogP contribution is -2.65. The summed E-state index contributed by atoms with van der Waals surface area (Å²) in [5.41, 5.74) is 29.9. The Morgan fingerprint density at radius 1 is 0.744 bits per heavy atom. The SMILES string of the molecule is CC(=O)O[C@@H]1CC[C@@H](CN)O[C@@H]1O[C@H]1[C@H](O[C@@H]2O[C@H](CO)[C@@H](O[C@H]3O[C@@H](CN)[C@@H](O)[C@H](O)[C@H]3N)[C@H]2O)[C@@H](O)[C@H](N)C[C@@H]1N. The summed E-state index contributed by atoms with van der Waals surface area (Å²) in [5, 5.41) is 52.7. The minimum absolute atomic E-state index is 0.142. The van der Waals surface area contributed by atoms with Gasteiger partial charge < -0.3 is 87.4 Å². The van der Waals surface area contributed by atoms with Crippen molar-refractivity contribution in [3.63, 3.8) is 0 Å². The van der Waals surface area contributed by atoms with E-state index in [-0.39, 0.29) is 25.6 Å². The lowest BCUT2D eigenvalue weighted by atomic mass is 9.84. The summed E-state index contributed by atoms with van der Waals surface area (Å²) in [6.45, 7) is 0.674. The van der Waals surface area contributed by atoms with Crippen LogP contribution in [0.4, 0.5) is 0 Å². The van der Waals surface area contributed by atoms with Gasteiger partial charge in [0.05, 0.1) is 24.9 Å². The van der Waals surface area contributed by atoms with Gasteiger partial charge >= 0.3 is 5.97 Å². The molecular weight excluding hydrogens is 578 g/mol. The first-order valence-corrected chi connectivity index (χ1v) is 14.5. The van der Waals surface area contributed by atoms with Crippen molar-refractivity contribution in [1.29, 1.82) is 0 Å². The molecule has 250 valence electrons. The normalized spacial score (nSPS) is 49.1. The Kier molecular flexibility index (Phi) is 12.1. The molecule has 3 saturated heterocycles. The van der Waals surface area contributed by atoms with Gasteiger partial charge in [0, 0.05) is 32.1 Å². The predicted octanol–water partition coefficient (Wildman–Crippen LogP) is -6.23. The summed E-state index contributed by atoms with van der Waals surface area (Å²) in [5.74, 6) is -0.541. The van der Waals surface area contributed by atoms with Crippen LogP contribution >= 0.6 is 0 Å². The van der Waals surface area contributed by atoms with Crippen LogP contribution in [-0.4, -0.2) is 155 Å². The molecule has 1 saturated carbocycles. The Hall–Kier alpha value is -1.17. The van der Waals surface area contributed by atoms with Gasteiger partial charge in [-0.3, -0.25) is 4.79 Å². The smallest absolute Gasteiger partial charge is 0.303 e. The molecule has 3 heterocycles. The molecule has 18 nitrogen and oxygen atoms in total. The van der Waals surface area contributed by atoms with E-state index in [2.05, 4.69) is 0 Å². The maximum atomic E-state index is 11.7. The van der Waals surface area contributed by atoms with Crippen LogP contribution in [-0.2, 0) is 38.0 Å². The van der Waals surface area contributed by atoms with Crippen LogP contribution in [0.15, 0.2) is 0 Å². The largest absolute Gasteiger partial charge is 0.457 e. The third-order valence-corrected chi connectivity index (χ3v) is 8.37. The molecule has 3 aliphatic heterocycles. The number of esters is 1. The summed E-state index contributed by atoms with van der Waals surface area (Å²) in [6.07, 6.45) is -15.5. The summed E-state index contributed by atoms with van der Waals surface area (Å²) in [6, 6.07) is -2.84. The maximum Gasteiger partial charge on any atom is 0.303 e. The summed E-state index contributed by atoms with van der Waals surface area (Å²) in [7, 11) is 0. The number of hydrogen-bond acceptors (Lipinski definition) is 18. The number of carbonyl (C=O) groups is 1. The fourth-order valence-corrected chi connectivity index (χ4v) is 5.93. The quantitative estimate of drug-likeness (QED) is 0.101. The highest BCUT2D eigenvalue weighted by molar-refractivity contribution is 5.66. The molecule has 0 spiro atoms. The van der Waals surface area contributed by atoms with Gasteiger partial charge in [-0.25, -0.2) is 0 Å². The molecule has 4 fully saturated rings. The molecule has 15 N–H and O–H groups in total. The van der Waals surface area contributed by atoms with Crippen molar-refractivity contribution in [3.05, 3.63) is 0 Å². The second-order valence-corrected chi connectivity index (χ2v) is 11.5. The Labute approximate surface area is 248 Å². The van der Waals surface area contributed by atoms with Crippen molar-refractivity contribution in [2.24, 2.45) is 28.7 Å². The van der Waals surface area contributed by atoms with Gasteiger partial charge in [-0.15, -0.1) is 0 Å². The average Bonchev–Trinajstić information content (AvgIpc) is 3.27. The van der Waals surface area contributed by atoms with E-state index in [1.165, 1.54) is 6.92 Å². The highest BCUT2D eigenvalue weighted by atomic mass is 16.8. The molecule has 0 unspecified atom stereocenters. The number of rotatable bonds is 10. The number of carbonyl (C=O) groups excluding carboxylic acids is 1. The molecule has 43 heavy (non-hydrogen) atoms. The van der Waals surface area contributed by atoms with Crippen molar-refractivity contribution in [2.45, 2.75) is 130 Å². The van der Waals surface area contributed by atoms with Crippen molar-refractivity contribution >= 4 is 5.97 Å². The van der Waals surface area contributed by atoms with Crippen molar-refractivity contribution in [3.8, 4) is 0 Å². The van der Waals surface area contributed by atoms with Gasteiger partial charge in [0.2, 0.25) is 0 Å². The molecule has 0 aromatic heterocycles. The molecule has 4 aliphatic rings. The van der Waals surface area contributed by atoms with E-state index in [1.807, 2.05) is 0 Å². The Morgan fingerprint density at radius 3 is 2.02 bits per heavy atom. The van der Waals surface area contributed by atoms with Crippen molar-refractivity contribution < 1.29 is 63.5 Å². The third-order valence-electron chi connectivity index (χ3n) is 8.37. The van der Waals surface area contributed by atoms with E-state index in [0.717, 1.165) is 0 Å². The van der Waals surface area contributed by atoms with E-state index in [0.29, 0.717) is 12.8 Å². The van der Waals surface area contributed by atoms with Crippen molar-refractivity contribution in [2.75, 3.05) is 19.7 Å². The van der Waals surface area contributed by atoms with Crippen molar-refractivity contribution in [1.82, 2.24) is 0 Å². The summed E-state index contributed by atoms with van der Waals surface area (Å²) in [4.78, 5) is 11.7. The number of nitrogens with two attached hydrogens (primary N) is 5. The fraction of sp³-hybridized carbons (Fsp3) is 0.960. The zero-order valence-electron chi connectivity index (χ0n) is 23.9. The van der Waals surface area contributed by atoms with Gasteiger partial charge in [0.25, 0.3) is 0 Å². The van der Waals surface area contributed by atoms with Gasteiger partial charge in [0.1, 0.15) is 48.8 Å². The third kappa shape index (κ3) is 7.63. The predicted molar refractivity (Wildman–Crippen MR) is 143 cm³/mol. The highest BCUT2D eigenvalue weighted by Gasteiger charge is 2.53. The molecule has 4 rings (SSSR count). The molecule has 0 bridgehead atoms. The Balaban J connectivity index is 1.50. The molecule has 0 aromatic carbocycles. The first-order valence-electron chi connectivity index (χ1n) is 14.5. The van der Waals surface area contributed by atoms with Crippen LogP contribution in [0.3, 0.4) is 0 Å². The van der Waals surface area contributed by atoms with E-state index in [9.17, 15) is 30.3 Å². The molecule has 0 radical (unpaired) electrons. The Bertz CT molecular complexity index is 910. The molecule has 0 amide bonds. The Morgan fingerprint density at radius 2 is 1.40 bits per heavy atom. The highest BCUT2D eigenvalue weighted by Crippen LogP contribution is 2.34. The van der Waals surface area contributed by atoms with Crippen LogP contribution in [0, 0.1) is 0 Å². The van der Waals surface area contributed by atoms with Gasteiger partial charge in [0.15, 0.2) is 25.0 Å². The van der Waals surface area contributed by atoms with Crippen LogP contribution in [0.1, 0.15) is 26.2 Å². The van der Waals surface area contributed by atoms with E-state index < -0.39 is 111 Å². The number of hydrogen-bond donors (Lipinski definition) is 10. The lowest BCUT2D eigenvalue weighted by molar-refractivity contribution is -0.303. The second kappa shape index (κ2) is 14.9. The molecule has 18 heteroatoms. The van der Waals surface area contributed by atoms with E-state index in [4.69, 9.17) is 61.8 Å². The minimum Gasteiger partial charge on any atom is -0.457 e. The molecule has 17 atom stereocenters. The van der Waals surface area contributed by atoms with Crippen LogP contribution < -0.4 is 28.7 Å². The summed E-state index contributed by atoms with van der Waals surface area (Å²) < 4.78 is 40.7. The van der Waals surface area contributed by atoms with E-state index >= 15 is 0 Å². The first kappa shape index (κ1) is 34.7. The molecule has 0 aromatic rings.